The van der Waals surface area contributed by atoms with Crippen molar-refractivity contribution in [3.05, 3.63) is 11.7 Å². The lowest BCUT2D eigenvalue weighted by Crippen LogP contribution is -2.33. The summed E-state index contributed by atoms with van der Waals surface area (Å²) in [4.78, 5) is 4.32. The lowest BCUT2D eigenvalue weighted by Gasteiger charge is -2.15. The monoisotopic (exact) mass is 239 g/mol. The van der Waals surface area contributed by atoms with Gasteiger partial charge >= 0.3 is 0 Å². The Bertz CT molecular complexity index is 336. The van der Waals surface area contributed by atoms with Gasteiger partial charge < -0.3 is 14.6 Å². The summed E-state index contributed by atoms with van der Waals surface area (Å²) in [6, 6.07) is 0.491. The molecule has 5 heteroatoms. The van der Waals surface area contributed by atoms with Crippen LogP contribution < -0.4 is 5.32 Å². The highest BCUT2D eigenvalue weighted by Crippen LogP contribution is 2.33. The third kappa shape index (κ3) is 3.78. The zero-order valence-electron chi connectivity index (χ0n) is 10.6. The van der Waals surface area contributed by atoms with Crippen LogP contribution in [0.15, 0.2) is 4.52 Å². The molecule has 0 amide bonds. The van der Waals surface area contributed by atoms with E-state index in [1.165, 1.54) is 12.8 Å². The lowest BCUT2D eigenvalue weighted by molar-refractivity contribution is 0.174. The second kappa shape index (κ2) is 6.12. The molecule has 96 valence electrons. The summed E-state index contributed by atoms with van der Waals surface area (Å²) in [5.41, 5.74) is 0. The van der Waals surface area contributed by atoms with E-state index in [9.17, 15) is 0 Å². The molecule has 2 rings (SSSR count). The van der Waals surface area contributed by atoms with Gasteiger partial charge in [0.2, 0.25) is 5.89 Å². The van der Waals surface area contributed by atoms with Crippen molar-refractivity contribution in [2.24, 2.45) is 5.92 Å². The first-order valence-corrected chi connectivity index (χ1v) is 6.37. The molecule has 1 aliphatic carbocycles. The zero-order valence-corrected chi connectivity index (χ0v) is 10.6. The molecule has 1 heterocycles. The number of methoxy groups -OCH3 is 1. The number of nitrogens with zero attached hydrogens (tertiary/aromatic N) is 2. The van der Waals surface area contributed by atoms with Crippen LogP contribution >= 0.6 is 0 Å². The van der Waals surface area contributed by atoms with Crippen molar-refractivity contribution < 1.29 is 9.26 Å². The van der Waals surface area contributed by atoms with Gasteiger partial charge in [-0.25, -0.2) is 0 Å². The Balaban J connectivity index is 1.87. The maximum Gasteiger partial charge on any atom is 0.228 e. The molecule has 0 aliphatic heterocycles. The molecule has 1 aromatic rings. The molecule has 1 saturated carbocycles. The topological polar surface area (TPSA) is 60.2 Å². The molecule has 1 atom stereocenters. The van der Waals surface area contributed by atoms with E-state index < -0.39 is 0 Å². The van der Waals surface area contributed by atoms with Crippen LogP contribution in [0.4, 0.5) is 0 Å². The highest BCUT2D eigenvalue weighted by molar-refractivity contribution is 4.94. The molecule has 1 aromatic heterocycles. The Morgan fingerprint density at radius 2 is 2.35 bits per heavy atom. The Morgan fingerprint density at radius 1 is 1.53 bits per heavy atom. The average molecular weight is 239 g/mol. The van der Waals surface area contributed by atoms with E-state index >= 15 is 0 Å². The molecule has 1 aliphatic rings. The summed E-state index contributed by atoms with van der Waals surface area (Å²) < 4.78 is 10.2. The van der Waals surface area contributed by atoms with Crippen LogP contribution in [-0.4, -0.2) is 29.8 Å². The van der Waals surface area contributed by atoms with Gasteiger partial charge in [-0.1, -0.05) is 12.1 Å². The third-order valence-corrected chi connectivity index (χ3v) is 3.03. The van der Waals surface area contributed by atoms with Crippen molar-refractivity contribution in [2.75, 3.05) is 13.7 Å². The highest BCUT2D eigenvalue weighted by Gasteiger charge is 2.32. The minimum absolute atomic E-state index is 0.417. The quantitative estimate of drug-likeness (QED) is 0.745. The molecule has 0 saturated heterocycles. The summed E-state index contributed by atoms with van der Waals surface area (Å²) in [5.74, 6) is 2.14. The number of nitrogens with one attached hydrogen (secondary N) is 1. The van der Waals surface area contributed by atoms with Crippen molar-refractivity contribution in [3.8, 4) is 0 Å². The van der Waals surface area contributed by atoms with Gasteiger partial charge in [0.1, 0.15) is 6.61 Å². The summed E-state index contributed by atoms with van der Waals surface area (Å²) >= 11 is 0. The van der Waals surface area contributed by atoms with E-state index in [0.29, 0.717) is 18.5 Å². The van der Waals surface area contributed by atoms with Crippen LogP contribution in [0.3, 0.4) is 0 Å². The predicted octanol–water partition coefficient (Wildman–Crippen LogP) is 1.54. The average Bonchev–Trinajstić information content (AvgIpc) is 3.08. The fraction of sp³-hybridized carbons (Fsp3) is 0.833. The van der Waals surface area contributed by atoms with Crippen molar-refractivity contribution in [2.45, 2.75) is 45.3 Å². The molecule has 17 heavy (non-hydrogen) atoms. The van der Waals surface area contributed by atoms with E-state index in [1.807, 2.05) is 0 Å². The molecule has 1 N–H and O–H groups in total. The standard InChI is InChI=1S/C12H21N3O2/c1-3-6-13-10(9-4-5-9)7-12-14-11(8-16-2)15-17-12/h9-10,13H,3-8H2,1-2H3. The maximum atomic E-state index is 5.22. The number of rotatable bonds is 8. The van der Waals surface area contributed by atoms with Crippen molar-refractivity contribution >= 4 is 0 Å². The molecule has 0 spiro atoms. The van der Waals surface area contributed by atoms with Gasteiger partial charge in [0.15, 0.2) is 5.82 Å². The third-order valence-electron chi connectivity index (χ3n) is 3.03. The summed E-state index contributed by atoms with van der Waals surface area (Å²) in [6.07, 6.45) is 4.63. The first kappa shape index (κ1) is 12.5. The molecular formula is C12H21N3O2. The van der Waals surface area contributed by atoms with Gasteiger partial charge in [0.25, 0.3) is 0 Å². The minimum Gasteiger partial charge on any atom is -0.377 e. The summed E-state index contributed by atoms with van der Waals surface area (Å²) in [5, 5.41) is 7.44. The fourth-order valence-electron chi connectivity index (χ4n) is 1.98. The molecule has 1 fully saturated rings. The van der Waals surface area contributed by atoms with E-state index in [4.69, 9.17) is 9.26 Å². The van der Waals surface area contributed by atoms with Gasteiger partial charge in [0.05, 0.1) is 0 Å². The summed E-state index contributed by atoms with van der Waals surface area (Å²) in [7, 11) is 1.63. The second-order valence-corrected chi connectivity index (χ2v) is 4.64. The lowest BCUT2D eigenvalue weighted by atomic mass is 10.1. The summed E-state index contributed by atoms with van der Waals surface area (Å²) in [6.45, 7) is 3.65. The molecule has 0 aromatic carbocycles. The van der Waals surface area contributed by atoms with E-state index in [0.717, 1.165) is 31.2 Å². The molecule has 1 unspecified atom stereocenters. The Hall–Kier alpha value is -0.940. The fourth-order valence-corrected chi connectivity index (χ4v) is 1.98. The first-order chi connectivity index (χ1) is 8.33. The van der Waals surface area contributed by atoms with Crippen LogP contribution in [0.25, 0.3) is 0 Å². The van der Waals surface area contributed by atoms with Crippen molar-refractivity contribution in [1.29, 1.82) is 0 Å². The van der Waals surface area contributed by atoms with Crippen LogP contribution in [-0.2, 0) is 17.8 Å². The normalized spacial score (nSPS) is 17.3. The highest BCUT2D eigenvalue weighted by atomic mass is 16.5. The number of ether oxygens (including phenoxy) is 1. The van der Waals surface area contributed by atoms with E-state index in [1.54, 1.807) is 7.11 Å². The first-order valence-electron chi connectivity index (χ1n) is 6.37. The van der Waals surface area contributed by atoms with Crippen molar-refractivity contribution in [1.82, 2.24) is 15.5 Å². The van der Waals surface area contributed by atoms with Gasteiger partial charge in [-0.3, -0.25) is 0 Å². The second-order valence-electron chi connectivity index (χ2n) is 4.64. The SMILES string of the molecule is CCCNC(Cc1nc(COC)no1)C1CC1. The minimum atomic E-state index is 0.417. The van der Waals surface area contributed by atoms with Crippen LogP contribution in [0, 0.1) is 5.92 Å². The zero-order chi connectivity index (χ0) is 12.1. The number of hydrogen-bond donors (Lipinski definition) is 1. The number of aromatic nitrogens is 2. The Kier molecular flexibility index (Phi) is 4.50. The van der Waals surface area contributed by atoms with E-state index in [-0.39, 0.29) is 0 Å². The van der Waals surface area contributed by atoms with Gasteiger partial charge in [-0.2, -0.15) is 4.98 Å². The van der Waals surface area contributed by atoms with Crippen molar-refractivity contribution in [3.63, 3.8) is 0 Å². The smallest absolute Gasteiger partial charge is 0.228 e. The van der Waals surface area contributed by atoms with E-state index in [2.05, 4.69) is 22.4 Å². The van der Waals surface area contributed by atoms with Crippen LogP contribution in [0.5, 0.6) is 0 Å². The molecule has 5 nitrogen and oxygen atoms in total. The van der Waals surface area contributed by atoms with Gasteiger partial charge in [-0.15, -0.1) is 0 Å². The predicted molar refractivity (Wildman–Crippen MR) is 63.5 cm³/mol. The largest absolute Gasteiger partial charge is 0.377 e. The van der Waals surface area contributed by atoms with Crippen LogP contribution in [0.1, 0.15) is 37.9 Å². The maximum absolute atomic E-state index is 5.22. The molecular weight excluding hydrogens is 218 g/mol. The number of hydrogen-bond acceptors (Lipinski definition) is 5. The Labute approximate surface area is 102 Å². The van der Waals surface area contributed by atoms with Gasteiger partial charge in [0, 0.05) is 19.6 Å². The van der Waals surface area contributed by atoms with Crippen LogP contribution in [0.2, 0.25) is 0 Å². The van der Waals surface area contributed by atoms with Gasteiger partial charge in [-0.05, 0) is 31.7 Å². The molecule has 0 bridgehead atoms. The Morgan fingerprint density at radius 3 is 3.00 bits per heavy atom. The molecule has 0 radical (unpaired) electrons.